The van der Waals surface area contributed by atoms with Crippen LogP contribution in [0.25, 0.3) is 0 Å². The Morgan fingerprint density at radius 2 is 1.94 bits per heavy atom. The lowest BCUT2D eigenvalue weighted by Crippen LogP contribution is -2.46. The van der Waals surface area contributed by atoms with Crippen LogP contribution in [0.2, 0.25) is 0 Å². The van der Waals surface area contributed by atoms with Gasteiger partial charge >= 0.3 is 6.03 Å². The highest BCUT2D eigenvalue weighted by Gasteiger charge is 2.23. The van der Waals surface area contributed by atoms with Gasteiger partial charge in [0.05, 0.1) is 6.54 Å². The van der Waals surface area contributed by atoms with Gasteiger partial charge in [-0.05, 0) is 12.8 Å². The van der Waals surface area contributed by atoms with Crippen molar-refractivity contribution >= 4 is 11.9 Å². The molecule has 3 amide bonds. The maximum atomic E-state index is 11.4. The summed E-state index contributed by atoms with van der Waals surface area (Å²) in [6, 6.07) is -0.383. The van der Waals surface area contributed by atoms with Gasteiger partial charge in [-0.3, -0.25) is 15.0 Å². The molecule has 0 aromatic carbocycles. The Bertz CT molecular complexity index is 251. The quantitative estimate of drug-likeness (QED) is 0.584. The molecule has 0 aromatic rings. The van der Waals surface area contributed by atoms with Gasteiger partial charge in [-0.25, -0.2) is 4.79 Å². The van der Waals surface area contributed by atoms with Crippen LogP contribution >= 0.6 is 0 Å². The molecule has 0 saturated heterocycles. The molecule has 0 bridgehead atoms. The van der Waals surface area contributed by atoms with E-state index in [1.165, 1.54) is 12.8 Å². The van der Waals surface area contributed by atoms with Gasteiger partial charge in [-0.2, -0.15) is 0 Å². The van der Waals surface area contributed by atoms with Crippen molar-refractivity contribution in [2.45, 2.75) is 31.7 Å². The summed E-state index contributed by atoms with van der Waals surface area (Å²) in [4.78, 5) is 24.0. The van der Waals surface area contributed by atoms with E-state index in [-0.39, 0.29) is 12.5 Å². The highest BCUT2D eigenvalue weighted by Crippen LogP contribution is 2.22. The molecule has 5 N–H and O–H groups in total. The molecule has 0 unspecified atom stereocenters. The van der Waals surface area contributed by atoms with E-state index in [2.05, 4.69) is 5.32 Å². The zero-order chi connectivity index (χ0) is 12.0. The molecule has 0 atom stereocenters. The average molecular weight is 228 g/mol. The molecule has 1 fully saturated rings. The largest absolute Gasteiger partial charge is 0.351 e. The second-order valence-corrected chi connectivity index (χ2v) is 4.11. The van der Waals surface area contributed by atoms with Crippen LogP contribution in [0.15, 0.2) is 0 Å². The first-order chi connectivity index (χ1) is 7.63. The highest BCUT2D eigenvalue weighted by atomic mass is 16.2. The van der Waals surface area contributed by atoms with Crippen molar-refractivity contribution in [2.75, 3.05) is 19.6 Å². The molecule has 0 heterocycles. The molecule has 1 saturated carbocycles. The number of nitrogens with two attached hydrogens (primary N) is 2. The lowest BCUT2D eigenvalue weighted by molar-refractivity contribution is -0.121. The summed E-state index contributed by atoms with van der Waals surface area (Å²) in [5.74, 6) is -0.354. The second kappa shape index (κ2) is 6.44. The molecular formula is C10H20N4O2. The Hall–Kier alpha value is -1.14. The van der Waals surface area contributed by atoms with Crippen LogP contribution in [0.3, 0.4) is 0 Å². The molecule has 6 nitrogen and oxygen atoms in total. The third-order valence-electron chi connectivity index (χ3n) is 2.87. The number of imide groups is 1. The Balaban J connectivity index is 2.43. The fraction of sp³-hybridized carbons (Fsp3) is 0.800. The summed E-state index contributed by atoms with van der Waals surface area (Å²) >= 11 is 0. The zero-order valence-electron chi connectivity index (χ0n) is 9.45. The summed E-state index contributed by atoms with van der Waals surface area (Å²) in [7, 11) is 0. The predicted molar refractivity (Wildman–Crippen MR) is 60.6 cm³/mol. The molecule has 1 rings (SSSR count). The summed E-state index contributed by atoms with van der Waals surface area (Å²) < 4.78 is 0. The van der Waals surface area contributed by atoms with Gasteiger partial charge in [-0.1, -0.05) is 12.8 Å². The van der Waals surface area contributed by atoms with Crippen molar-refractivity contribution in [3.63, 3.8) is 0 Å². The molecule has 92 valence electrons. The maximum absolute atomic E-state index is 11.4. The van der Waals surface area contributed by atoms with E-state index >= 15 is 0 Å². The first-order valence-corrected chi connectivity index (χ1v) is 5.67. The van der Waals surface area contributed by atoms with Gasteiger partial charge in [-0.15, -0.1) is 0 Å². The van der Waals surface area contributed by atoms with Gasteiger partial charge in [0, 0.05) is 19.1 Å². The van der Waals surface area contributed by atoms with Crippen LogP contribution in [0.5, 0.6) is 0 Å². The number of urea groups is 1. The molecule has 0 spiro atoms. The first-order valence-electron chi connectivity index (χ1n) is 5.67. The van der Waals surface area contributed by atoms with Crippen LogP contribution < -0.4 is 16.8 Å². The number of nitrogens with zero attached hydrogens (tertiary/aromatic N) is 1. The van der Waals surface area contributed by atoms with E-state index in [0.29, 0.717) is 19.1 Å². The summed E-state index contributed by atoms with van der Waals surface area (Å²) in [5.41, 5.74) is 10.4. The smallest absolute Gasteiger partial charge is 0.318 e. The molecule has 0 radical (unpaired) electrons. The van der Waals surface area contributed by atoms with Crippen LogP contribution in [-0.4, -0.2) is 42.5 Å². The van der Waals surface area contributed by atoms with Gasteiger partial charge in [0.2, 0.25) is 5.91 Å². The number of hydrogen-bond acceptors (Lipinski definition) is 4. The van der Waals surface area contributed by atoms with Gasteiger partial charge in [0.15, 0.2) is 0 Å². The topological polar surface area (TPSA) is 101 Å². The third-order valence-corrected chi connectivity index (χ3v) is 2.87. The molecular weight excluding hydrogens is 208 g/mol. The van der Waals surface area contributed by atoms with E-state index in [1.54, 1.807) is 0 Å². The number of nitrogens with one attached hydrogen (secondary N) is 1. The molecule has 1 aliphatic carbocycles. The minimum Gasteiger partial charge on any atom is -0.351 e. The summed E-state index contributed by atoms with van der Waals surface area (Å²) in [6.45, 7) is 1.39. The van der Waals surface area contributed by atoms with Crippen molar-refractivity contribution < 1.29 is 9.59 Å². The van der Waals surface area contributed by atoms with Crippen molar-refractivity contribution in [1.82, 2.24) is 10.2 Å². The number of primary amides is 1. The lowest BCUT2D eigenvalue weighted by Gasteiger charge is -2.27. The van der Waals surface area contributed by atoms with E-state index in [4.69, 9.17) is 11.5 Å². The van der Waals surface area contributed by atoms with E-state index < -0.39 is 6.03 Å². The second-order valence-electron chi connectivity index (χ2n) is 4.11. The number of amides is 3. The molecule has 0 aromatic heterocycles. The van der Waals surface area contributed by atoms with Crippen molar-refractivity contribution in [3.05, 3.63) is 0 Å². The maximum Gasteiger partial charge on any atom is 0.318 e. The molecule has 0 aliphatic heterocycles. The fourth-order valence-corrected chi connectivity index (χ4v) is 2.19. The van der Waals surface area contributed by atoms with Crippen molar-refractivity contribution in [1.29, 1.82) is 0 Å². The van der Waals surface area contributed by atoms with Crippen LogP contribution in [-0.2, 0) is 4.79 Å². The van der Waals surface area contributed by atoms with Gasteiger partial charge in [0.25, 0.3) is 0 Å². The summed E-state index contributed by atoms with van der Waals surface area (Å²) in [5, 5.41) is 2.07. The Morgan fingerprint density at radius 1 is 1.31 bits per heavy atom. The normalized spacial score (nSPS) is 16.6. The number of carbonyl (C=O) groups is 2. The third kappa shape index (κ3) is 4.16. The van der Waals surface area contributed by atoms with Crippen LogP contribution in [0.4, 0.5) is 4.79 Å². The minimum absolute atomic E-state index is 0.199. The Kier molecular flexibility index (Phi) is 5.21. The first kappa shape index (κ1) is 12.9. The number of carbonyl (C=O) groups excluding carboxylic acids is 2. The lowest BCUT2D eigenvalue weighted by atomic mass is 10.2. The van der Waals surface area contributed by atoms with Gasteiger partial charge in [0.1, 0.15) is 0 Å². The zero-order valence-corrected chi connectivity index (χ0v) is 9.45. The van der Waals surface area contributed by atoms with E-state index in [0.717, 1.165) is 12.8 Å². The average Bonchev–Trinajstić information content (AvgIpc) is 2.68. The standard InChI is InChI=1S/C10H20N4O2/c11-5-6-14(8-3-1-2-4-8)7-9(15)13-10(12)16/h8H,1-7,11H2,(H3,12,13,15,16). The minimum atomic E-state index is -0.802. The van der Waals surface area contributed by atoms with Gasteiger partial charge < -0.3 is 11.5 Å². The van der Waals surface area contributed by atoms with E-state index in [9.17, 15) is 9.59 Å². The Morgan fingerprint density at radius 3 is 2.44 bits per heavy atom. The fourth-order valence-electron chi connectivity index (χ4n) is 2.19. The number of hydrogen-bond donors (Lipinski definition) is 3. The molecule has 6 heteroatoms. The van der Waals surface area contributed by atoms with Crippen molar-refractivity contribution in [2.24, 2.45) is 11.5 Å². The SMILES string of the molecule is NCCN(CC(=O)NC(N)=O)C1CCCC1. The predicted octanol–water partition coefficient (Wildman–Crippen LogP) is -0.615. The monoisotopic (exact) mass is 228 g/mol. The van der Waals surface area contributed by atoms with Crippen LogP contribution in [0.1, 0.15) is 25.7 Å². The molecule has 1 aliphatic rings. The van der Waals surface area contributed by atoms with Crippen molar-refractivity contribution in [3.8, 4) is 0 Å². The van der Waals surface area contributed by atoms with E-state index in [1.807, 2.05) is 4.90 Å². The van der Waals surface area contributed by atoms with Crippen LogP contribution in [0, 0.1) is 0 Å². The Labute approximate surface area is 95.3 Å². The number of rotatable bonds is 5. The summed E-state index contributed by atoms with van der Waals surface area (Å²) in [6.07, 6.45) is 4.60. The molecule has 16 heavy (non-hydrogen) atoms. The highest BCUT2D eigenvalue weighted by molar-refractivity contribution is 5.94.